The van der Waals surface area contributed by atoms with Crippen molar-refractivity contribution in [1.29, 1.82) is 0 Å². The first kappa shape index (κ1) is 19.4. The van der Waals surface area contributed by atoms with E-state index in [2.05, 4.69) is 31.3 Å². The monoisotopic (exact) mass is 346 g/mol. The minimum Gasteiger partial charge on any atom is -0.381 e. The fourth-order valence-corrected chi connectivity index (χ4v) is 3.38. The number of amides is 2. The van der Waals surface area contributed by atoms with Crippen molar-refractivity contribution < 1.29 is 14.3 Å². The van der Waals surface area contributed by atoms with Crippen LogP contribution in [-0.2, 0) is 27.2 Å². The highest BCUT2D eigenvalue weighted by Gasteiger charge is 2.22. The van der Waals surface area contributed by atoms with E-state index in [9.17, 15) is 9.59 Å². The van der Waals surface area contributed by atoms with Gasteiger partial charge in [0.15, 0.2) is 0 Å². The summed E-state index contributed by atoms with van der Waals surface area (Å²) in [6.07, 6.45) is 3.31. The van der Waals surface area contributed by atoms with Crippen LogP contribution >= 0.6 is 0 Å². The van der Waals surface area contributed by atoms with Gasteiger partial charge < -0.3 is 15.0 Å². The molecule has 0 radical (unpaired) electrons. The van der Waals surface area contributed by atoms with Gasteiger partial charge in [-0.15, -0.1) is 0 Å². The molecule has 5 heteroatoms. The fourth-order valence-electron chi connectivity index (χ4n) is 3.38. The third kappa shape index (κ3) is 5.05. The molecule has 1 aliphatic rings. The number of anilines is 1. The van der Waals surface area contributed by atoms with Crippen LogP contribution in [0.2, 0.25) is 0 Å². The zero-order valence-corrected chi connectivity index (χ0v) is 15.6. The lowest BCUT2D eigenvalue weighted by Crippen LogP contribution is -2.41. The molecule has 0 aliphatic carbocycles. The summed E-state index contributed by atoms with van der Waals surface area (Å²) >= 11 is 0. The molecule has 1 aromatic carbocycles. The normalized spacial score (nSPS) is 15.0. The average molecular weight is 346 g/mol. The Bertz CT molecular complexity index is 572. The number of aryl methyl sites for hydroxylation is 2. The van der Waals surface area contributed by atoms with Crippen LogP contribution in [0, 0.1) is 5.92 Å². The van der Waals surface area contributed by atoms with Crippen LogP contribution in [0.1, 0.15) is 44.7 Å². The summed E-state index contributed by atoms with van der Waals surface area (Å²) in [6, 6.07) is 6.20. The molecule has 138 valence electrons. The molecule has 0 unspecified atom stereocenters. The van der Waals surface area contributed by atoms with Crippen molar-refractivity contribution in [3.05, 3.63) is 29.3 Å². The van der Waals surface area contributed by atoms with Crippen LogP contribution in [0.15, 0.2) is 18.2 Å². The van der Waals surface area contributed by atoms with Gasteiger partial charge in [0.1, 0.15) is 0 Å². The second kappa shape index (κ2) is 9.56. The van der Waals surface area contributed by atoms with Crippen molar-refractivity contribution in [3.63, 3.8) is 0 Å². The zero-order valence-electron chi connectivity index (χ0n) is 15.6. The Morgan fingerprint density at radius 2 is 1.76 bits per heavy atom. The van der Waals surface area contributed by atoms with Gasteiger partial charge in [0.2, 0.25) is 11.8 Å². The SMILES string of the molecule is CCc1cccc(CC)c1N(CCNC(=O)C1CCOCC1)C(C)=O. The molecule has 25 heavy (non-hydrogen) atoms. The molecule has 1 N–H and O–H groups in total. The van der Waals surface area contributed by atoms with E-state index in [1.807, 2.05) is 11.0 Å². The summed E-state index contributed by atoms with van der Waals surface area (Å²) in [7, 11) is 0. The Hall–Kier alpha value is -1.88. The quantitative estimate of drug-likeness (QED) is 0.826. The Morgan fingerprint density at radius 3 is 2.28 bits per heavy atom. The minimum absolute atomic E-state index is 0.0101. The fraction of sp³-hybridized carbons (Fsp3) is 0.600. The number of hydrogen-bond acceptors (Lipinski definition) is 3. The van der Waals surface area contributed by atoms with Crippen LogP contribution in [-0.4, -0.2) is 38.1 Å². The molecule has 2 amide bonds. The smallest absolute Gasteiger partial charge is 0.223 e. The predicted octanol–water partition coefficient (Wildman–Crippen LogP) is 2.71. The first-order valence-corrected chi connectivity index (χ1v) is 9.32. The third-order valence-corrected chi connectivity index (χ3v) is 4.84. The molecule has 0 aromatic heterocycles. The molecular weight excluding hydrogens is 316 g/mol. The topological polar surface area (TPSA) is 58.6 Å². The Balaban J connectivity index is 2.04. The predicted molar refractivity (Wildman–Crippen MR) is 99.8 cm³/mol. The number of nitrogens with zero attached hydrogens (tertiary/aromatic N) is 1. The van der Waals surface area contributed by atoms with Gasteiger partial charge in [-0.2, -0.15) is 0 Å². The summed E-state index contributed by atoms with van der Waals surface area (Å²) in [4.78, 5) is 26.3. The zero-order chi connectivity index (χ0) is 18.2. The summed E-state index contributed by atoms with van der Waals surface area (Å²) in [5, 5.41) is 2.99. The van der Waals surface area contributed by atoms with Gasteiger partial charge in [-0.3, -0.25) is 9.59 Å². The van der Waals surface area contributed by atoms with Crippen molar-refractivity contribution in [2.75, 3.05) is 31.2 Å². The van der Waals surface area contributed by atoms with E-state index in [1.54, 1.807) is 6.92 Å². The average Bonchev–Trinajstić information content (AvgIpc) is 2.65. The van der Waals surface area contributed by atoms with Crippen LogP contribution in [0.4, 0.5) is 5.69 Å². The molecule has 5 nitrogen and oxygen atoms in total. The molecular formula is C20H30N2O3. The van der Waals surface area contributed by atoms with Crippen molar-refractivity contribution in [3.8, 4) is 0 Å². The summed E-state index contributed by atoms with van der Waals surface area (Å²) in [6.45, 7) is 8.06. The number of benzene rings is 1. The molecule has 1 saturated heterocycles. The Labute approximate surface area is 150 Å². The molecule has 1 aromatic rings. The maximum atomic E-state index is 12.3. The molecule has 1 aliphatic heterocycles. The van der Waals surface area contributed by atoms with Gasteiger partial charge in [-0.1, -0.05) is 32.0 Å². The molecule has 0 saturated carbocycles. The second-order valence-electron chi connectivity index (χ2n) is 6.48. The van der Waals surface area contributed by atoms with Crippen molar-refractivity contribution in [1.82, 2.24) is 5.32 Å². The van der Waals surface area contributed by atoms with Gasteiger partial charge in [0, 0.05) is 39.1 Å². The van der Waals surface area contributed by atoms with Crippen molar-refractivity contribution in [2.24, 2.45) is 5.92 Å². The molecule has 2 rings (SSSR count). The van der Waals surface area contributed by atoms with Crippen LogP contribution < -0.4 is 10.2 Å². The van der Waals surface area contributed by atoms with Crippen LogP contribution in [0.25, 0.3) is 0 Å². The van der Waals surface area contributed by atoms with Gasteiger partial charge in [0.25, 0.3) is 0 Å². The Morgan fingerprint density at radius 1 is 1.16 bits per heavy atom. The second-order valence-corrected chi connectivity index (χ2v) is 6.48. The highest BCUT2D eigenvalue weighted by molar-refractivity contribution is 5.93. The molecule has 1 heterocycles. The van der Waals surface area contributed by atoms with Gasteiger partial charge >= 0.3 is 0 Å². The first-order chi connectivity index (χ1) is 12.1. The standard InChI is InChI=1S/C20H30N2O3/c1-4-16-7-6-8-17(5-2)19(16)22(15(3)23)12-11-21-20(24)18-9-13-25-14-10-18/h6-8,18H,4-5,9-14H2,1-3H3,(H,21,24). The maximum Gasteiger partial charge on any atom is 0.223 e. The van der Waals surface area contributed by atoms with E-state index in [4.69, 9.17) is 4.74 Å². The van der Waals surface area contributed by atoms with Crippen LogP contribution in [0.3, 0.4) is 0 Å². The number of ether oxygens (including phenoxy) is 1. The number of nitrogens with one attached hydrogen (secondary N) is 1. The number of carbonyl (C=O) groups is 2. The lowest BCUT2D eigenvalue weighted by molar-refractivity contribution is -0.127. The summed E-state index contributed by atoms with van der Waals surface area (Å²) in [5.74, 6) is 0.121. The minimum atomic E-state index is 0.0101. The van der Waals surface area contributed by atoms with Gasteiger partial charge in [0.05, 0.1) is 5.69 Å². The molecule has 0 spiro atoms. The number of rotatable bonds is 7. The number of carbonyl (C=O) groups excluding carboxylic acids is 2. The Kier molecular flexibility index (Phi) is 7.44. The molecule has 0 atom stereocenters. The van der Waals surface area contributed by atoms with Gasteiger partial charge in [-0.05, 0) is 36.8 Å². The number of hydrogen-bond donors (Lipinski definition) is 1. The van der Waals surface area contributed by atoms with E-state index >= 15 is 0 Å². The molecule has 1 fully saturated rings. The summed E-state index contributed by atoms with van der Waals surface area (Å²) in [5.41, 5.74) is 3.36. The number of para-hydroxylation sites is 1. The van der Waals surface area contributed by atoms with E-state index in [-0.39, 0.29) is 17.7 Å². The maximum absolute atomic E-state index is 12.3. The van der Waals surface area contributed by atoms with Gasteiger partial charge in [-0.25, -0.2) is 0 Å². The lowest BCUT2D eigenvalue weighted by Gasteiger charge is -2.27. The summed E-state index contributed by atoms with van der Waals surface area (Å²) < 4.78 is 5.30. The third-order valence-electron chi connectivity index (χ3n) is 4.84. The highest BCUT2D eigenvalue weighted by atomic mass is 16.5. The highest BCUT2D eigenvalue weighted by Crippen LogP contribution is 2.27. The first-order valence-electron chi connectivity index (χ1n) is 9.32. The largest absolute Gasteiger partial charge is 0.381 e. The lowest BCUT2D eigenvalue weighted by atomic mass is 9.99. The van der Waals surface area contributed by atoms with E-state index in [0.717, 1.165) is 31.4 Å². The van der Waals surface area contributed by atoms with Crippen molar-refractivity contribution >= 4 is 17.5 Å². The molecule has 0 bridgehead atoms. The van der Waals surface area contributed by atoms with E-state index < -0.39 is 0 Å². The van der Waals surface area contributed by atoms with E-state index in [0.29, 0.717) is 26.3 Å². The van der Waals surface area contributed by atoms with Crippen LogP contribution in [0.5, 0.6) is 0 Å². The van der Waals surface area contributed by atoms with Crippen molar-refractivity contribution in [2.45, 2.75) is 46.5 Å². The van der Waals surface area contributed by atoms with E-state index in [1.165, 1.54) is 11.1 Å².